The van der Waals surface area contributed by atoms with Crippen LogP contribution in [0.5, 0.6) is 0 Å². The van der Waals surface area contributed by atoms with E-state index in [0.717, 1.165) is 46.2 Å². The van der Waals surface area contributed by atoms with Crippen LogP contribution in [0.1, 0.15) is 43.0 Å². The average molecular weight is 569 g/mol. The summed E-state index contributed by atoms with van der Waals surface area (Å²) in [6.07, 6.45) is 0.324. The van der Waals surface area contributed by atoms with E-state index in [1.807, 2.05) is 43.3 Å². The van der Waals surface area contributed by atoms with Crippen LogP contribution in [-0.2, 0) is 38.6 Å². The molecule has 2 aromatic carbocycles. The summed E-state index contributed by atoms with van der Waals surface area (Å²) in [6.45, 7) is 6.26. The first-order chi connectivity index (χ1) is 19.4. The highest BCUT2D eigenvalue weighted by Crippen LogP contribution is 2.28. The summed E-state index contributed by atoms with van der Waals surface area (Å²) >= 11 is 0. The summed E-state index contributed by atoms with van der Waals surface area (Å²) in [6, 6.07) is 13.8. The molecule has 0 aliphatic heterocycles. The maximum absolute atomic E-state index is 12.2. The number of halogens is 3. The number of hydrogen-bond donors (Lipinski definition) is 0. The molecule has 0 fully saturated rings. The van der Waals surface area contributed by atoms with Gasteiger partial charge in [-0.2, -0.15) is 18.4 Å². The number of nitriles is 1. The average Bonchev–Trinajstić information content (AvgIpc) is 2.94. The van der Waals surface area contributed by atoms with Crippen molar-refractivity contribution < 1.29 is 32.5 Å². The van der Waals surface area contributed by atoms with Gasteiger partial charge in [-0.25, -0.2) is 29.3 Å². The van der Waals surface area contributed by atoms with Crippen LogP contribution in [0.2, 0.25) is 0 Å². The second-order valence-corrected chi connectivity index (χ2v) is 9.99. The van der Waals surface area contributed by atoms with E-state index in [1.54, 1.807) is 24.3 Å². The molecule has 0 radical (unpaired) electrons. The number of carbonyl (C=O) groups is 2. The van der Waals surface area contributed by atoms with E-state index in [-0.39, 0.29) is 6.54 Å². The second kappa shape index (κ2) is 13.9. The first-order valence-electron chi connectivity index (χ1n) is 13.1. The molecule has 0 aliphatic rings. The van der Waals surface area contributed by atoms with Crippen molar-refractivity contribution in [1.29, 1.82) is 5.26 Å². The van der Waals surface area contributed by atoms with E-state index in [9.17, 15) is 28.0 Å². The Kier molecular flexibility index (Phi) is 10.6. The topological polar surface area (TPSA) is 105 Å². The first kappa shape index (κ1) is 31.2. The zero-order valence-corrected chi connectivity index (χ0v) is 23.3. The summed E-state index contributed by atoms with van der Waals surface area (Å²) in [4.78, 5) is 40.6. The molecule has 0 N–H and O–H groups in total. The number of rotatable bonds is 10. The summed E-state index contributed by atoms with van der Waals surface area (Å²) in [7, 11) is 1.60. The fraction of sp³-hybridized carbons (Fsp3) is 0.367. The fourth-order valence-electron chi connectivity index (χ4n) is 4.38. The molecule has 0 aliphatic carbocycles. The third-order valence-electron chi connectivity index (χ3n) is 6.31. The van der Waals surface area contributed by atoms with E-state index in [1.165, 1.54) is 0 Å². The smallest absolute Gasteiger partial charge is 0.296 e. The molecule has 1 aromatic heterocycles. The summed E-state index contributed by atoms with van der Waals surface area (Å²) in [5, 5.41) is 9.60. The number of hydrogen-bond acceptors (Lipinski definition) is 8. The van der Waals surface area contributed by atoms with Crippen molar-refractivity contribution in [2.75, 3.05) is 20.1 Å². The molecular weight excluding hydrogens is 537 g/mol. The van der Waals surface area contributed by atoms with Gasteiger partial charge >= 0.3 is 18.1 Å². The summed E-state index contributed by atoms with van der Waals surface area (Å²) < 4.78 is 36.5. The Morgan fingerprint density at radius 2 is 1.76 bits per heavy atom. The molecule has 0 unspecified atom stereocenters. The van der Waals surface area contributed by atoms with Crippen molar-refractivity contribution in [1.82, 2.24) is 14.9 Å². The van der Waals surface area contributed by atoms with Crippen molar-refractivity contribution in [3.63, 3.8) is 0 Å². The Balaban J connectivity index is 1.69. The lowest BCUT2D eigenvalue weighted by atomic mass is 9.93. The molecule has 0 saturated carbocycles. The van der Waals surface area contributed by atoms with Gasteiger partial charge in [0.15, 0.2) is 5.82 Å². The number of nitrogens with zero attached hydrogens (tertiary/aromatic N) is 4. The van der Waals surface area contributed by atoms with Crippen molar-refractivity contribution in [3.8, 4) is 28.6 Å². The van der Waals surface area contributed by atoms with E-state index in [4.69, 9.17) is 0 Å². The van der Waals surface area contributed by atoms with Crippen molar-refractivity contribution in [2.24, 2.45) is 5.92 Å². The van der Waals surface area contributed by atoms with Crippen LogP contribution >= 0.6 is 0 Å². The van der Waals surface area contributed by atoms with E-state index in [0.29, 0.717) is 30.3 Å². The predicted molar refractivity (Wildman–Crippen MR) is 145 cm³/mol. The Morgan fingerprint density at radius 1 is 1.05 bits per heavy atom. The van der Waals surface area contributed by atoms with Gasteiger partial charge in [-0.05, 0) is 60.5 Å². The van der Waals surface area contributed by atoms with Crippen molar-refractivity contribution in [2.45, 2.75) is 46.2 Å². The Hall–Kier alpha value is -4.30. The largest absolute Gasteiger partial charge is 0.495 e. The number of benzene rings is 2. The molecule has 0 bridgehead atoms. The van der Waals surface area contributed by atoms with Crippen molar-refractivity contribution >= 4 is 11.9 Å². The molecule has 0 saturated heterocycles. The molecule has 0 amide bonds. The van der Waals surface area contributed by atoms with Crippen molar-refractivity contribution in [3.05, 3.63) is 71.0 Å². The van der Waals surface area contributed by atoms with Gasteiger partial charge < -0.3 is 0 Å². The highest BCUT2D eigenvalue weighted by atomic mass is 19.4. The Labute approximate surface area is 236 Å². The van der Waals surface area contributed by atoms with Gasteiger partial charge in [0.05, 0.1) is 11.6 Å². The van der Waals surface area contributed by atoms with Gasteiger partial charge in [0.1, 0.15) is 6.54 Å². The third kappa shape index (κ3) is 8.59. The zero-order chi connectivity index (χ0) is 30.2. The normalized spacial score (nSPS) is 11.4. The standard InChI is InChI=1S/C30H31F3N4O4/c1-5-25-20(11-12-37(4)18-27(38)40-41-29(39)30(31,32)33)7-6-8-26(25)24-16-35-28(36-17-24)22-10-9-21(13-19(2)3)23(14-22)15-34/h6-10,14,16-17,19H,5,11-13,18H2,1-4H3. The molecule has 0 spiro atoms. The van der Waals surface area contributed by atoms with Gasteiger partial charge in [0.25, 0.3) is 0 Å². The summed E-state index contributed by atoms with van der Waals surface area (Å²) in [5.41, 5.74) is 6.27. The maximum atomic E-state index is 12.2. The van der Waals surface area contributed by atoms with Crippen LogP contribution in [0.15, 0.2) is 48.8 Å². The minimum absolute atomic E-state index is 0.368. The Bertz CT molecular complexity index is 1420. The predicted octanol–water partition coefficient (Wildman–Crippen LogP) is 5.48. The van der Waals surface area contributed by atoms with Crippen LogP contribution < -0.4 is 0 Å². The molecule has 0 atom stereocenters. The maximum Gasteiger partial charge on any atom is 0.495 e. The number of alkyl halides is 3. The van der Waals surface area contributed by atoms with E-state index >= 15 is 0 Å². The SMILES string of the molecule is CCc1c(CCN(C)CC(=O)OOC(=O)C(F)(F)F)cccc1-c1cnc(-c2ccc(CC(C)C)c(C#N)c2)nc1. The molecule has 41 heavy (non-hydrogen) atoms. The quantitative estimate of drug-likeness (QED) is 0.234. The molecule has 8 nitrogen and oxygen atoms in total. The van der Waals surface area contributed by atoms with E-state index < -0.39 is 18.1 Å². The number of likely N-dealkylation sites (N-methyl/N-ethyl adjacent to an activating group) is 1. The van der Waals surface area contributed by atoms with Crippen LogP contribution in [0.3, 0.4) is 0 Å². The minimum Gasteiger partial charge on any atom is -0.296 e. The molecule has 3 aromatic rings. The van der Waals surface area contributed by atoms with Crippen LogP contribution in [0.4, 0.5) is 13.2 Å². The lowest BCUT2D eigenvalue weighted by Gasteiger charge is -2.18. The minimum atomic E-state index is -5.25. The monoisotopic (exact) mass is 568 g/mol. The number of aromatic nitrogens is 2. The lowest BCUT2D eigenvalue weighted by molar-refractivity contribution is -0.286. The number of carbonyl (C=O) groups excluding carboxylic acids is 2. The van der Waals surface area contributed by atoms with Gasteiger partial charge in [-0.3, -0.25) is 4.90 Å². The Morgan fingerprint density at radius 3 is 2.37 bits per heavy atom. The van der Waals surface area contributed by atoms with Crippen LogP contribution in [-0.4, -0.2) is 53.1 Å². The second-order valence-electron chi connectivity index (χ2n) is 9.99. The highest BCUT2D eigenvalue weighted by molar-refractivity contribution is 5.77. The van der Waals surface area contributed by atoms with Gasteiger partial charge in [0, 0.05) is 30.1 Å². The van der Waals surface area contributed by atoms with Crippen LogP contribution in [0, 0.1) is 17.2 Å². The third-order valence-corrected chi connectivity index (χ3v) is 6.31. The highest BCUT2D eigenvalue weighted by Gasteiger charge is 2.43. The first-order valence-corrected chi connectivity index (χ1v) is 13.1. The molecular formula is C30H31F3N4O4. The zero-order valence-electron chi connectivity index (χ0n) is 23.3. The molecule has 11 heteroatoms. The lowest BCUT2D eigenvalue weighted by Crippen LogP contribution is -2.32. The fourth-order valence-corrected chi connectivity index (χ4v) is 4.38. The summed E-state index contributed by atoms with van der Waals surface area (Å²) in [5.74, 6) is -2.77. The molecule has 3 rings (SSSR count). The van der Waals surface area contributed by atoms with Crippen LogP contribution in [0.25, 0.3) is 22.5 Å². The van der Waals surface area contributed by atoms with Gasteiger partial charge in [-0.15, -0.1) is 0 Å². The molecule has 216 valence electrons. The molecule has 1 heterocycles. The van der Waals surface area contributed by atoms with Gasteiger partial charge in [-0.1, -0.05) is 51.1 Å². The van der Waals surface area contributed by atoms with Gasteiger partial charge in [0.2, 0.25) is 0 Å². The van der Waals surface area contributed by atoms with E-state index in [2.05, 4.69) is 39.7 Å².